The fourth-order valence-corrected chi connectivity index (χ4v) is 4.07. The van der Waals surface area contributed by atoms with Crippen LogP contribution in [0.4, 0.5) is 0 Å². The first-order valence-corrected chi connectivity index (χ1v) is 10.8. The molecular weight excluding hydrogens is 420 g/mol. The summed E-state index contributed by atoms with van der Waals surface area (Å²) in [6, 6.07) is 17.6. The summed E-state index contributed by atoms with van der Waals surface area (Å²) in [6.07, 6.45) is 6.10. The molecule has 0 spiro atoms. The second kappa shape index (κ2) is 8.44. The van der Waals surface area contributed by atoms with E-state index in [1.165, 1.54) is 0 Å². The maximum atomic E-state index is 12.8. The molecule has 3 aromatic heterocycles. The molecule has 0 atom stereocenters. The summed E-state index contributed by atoms with van der Waals surface area (Å²) in [5.41, 5.74) is 6.65. The van der Waals surface area contributed by atoms with Crippen molar-refractivity contribution in [1.29, 1.82) is 0 Å². The van der Waals surface area contributed by atoms with Crippen LogP contribution in [0.25, 0.3) is 21.8 Å². The van der Waals surface area contributed by atoms with Crippen LogP contribution >= 0.6 is 11.6 Å². The lowest BCUT2D eigenvalue weighted by molar-refractivity contribution is 0.0951. The highest BCUT2D eigenvalue weighted by Gasteiger charge is 2.10. The molecule has 0 aliphatic carbocycles. The number of hydrogen-bond acceptors (Lipinski definition) is 3. The van der Waals surface area contributed by atoms with Crippen molar-refractivity contribution in [2.24, 2.45) is 0 Å². The molecule has 5 nitrogen and oxygen atoms in total. The maximum Gasteiger partial charge on any atom is 0.251 e. The van der Waals surface area contributed by atoms with Gasteiger partial charge >= 0.3 is 0 Å². The molecule has 0 bridgehead atoms. The molecule has 5 aromatic rings. The number of nitrogens with one attached hydrogen (secondary N) is 2. The molecule has 0 radical (unpaired) electrons. The largest absolute Gasteiger partial charge is 0.361 e. The predicted molar refractivity (Wildman–Crippen MR) is 128 cm³/mol. The Morgan fingerprint density at radius 1 is 1.06 bits per heavy atom. The summed E-state index contributed by atoms with van der Waals surface area (Å²) in [6.45, 7) is 2.45. The number of aryl methyl sites for hydroxylation is 1. The van der Waals surface area contributed by atoms with Crippen molar-refractivity contribution >= 4 is 39.3 Å². The van der Waals surface area contributed by atoms with Crippen LogP contribution < -0.4 is 5.32 Å². The summed E-state index contributed by atoms with van der Waals surface area (Å²) in [7, 11) is 0. The third kappa shape index (κ3) is 4.20. The minimum Gasteiger partial charge on any atom is -0.361 e. The number of hydrogen-bond donors (Lipinski definition) is 2. The Kier molecular flexibility index (Phi) is 5.33. The molecule has 5 rings (SSSR count). The van der Waals surface area contributed by atoms with Gasteiger partial charge in [-0.2, -0.15) is 0 Å². The van der Waals surface area contributed by atoms with Crippen molar-refractivity contribution in [1.82, 2.24) is 20.3 Å². The van der Waals surface area contributed by atoms with Gasteiger partial charge in [0.1, 0.15) is 0 Å². The minimum absolute atomic E-state index is 0.136. The van der Waals surface area contributed by atoms with Crippen molar-refractivity contribution < 1.29 is 4.79 Å². The Bertz CT molecular complexity index is 1460. The van der Waals surface area contributed by atoms with Crippen LogP contribution in [0.15, 0.2) is 73.2 Å². The average molecular weight is 441 g/mol. The first kappa shape index (κ1) is 20.2. The van der Waals surface area contributed by atoms with Gasteiger partial charge in [0.25, 0.3) is 5.91 Å². The van der Waals surface area contributed by atoms with Gasteiger partial charge in [-0.3, -0.25) is 14.8 Å². The van der Waals surface area contributed by atoms with Gasteiger partial charge in [-0.05, 0) is 72.1 Å². The molecule has 0 saturated carbocycles. The number of nitrogens with zero attached hydrogens (tertiary/aromatic N) is 2. The number of rotatable bonds is 5. The fourth-order valence-electron chi connectivity index (χ4n) is 3.90. The topological polar surface area (TPSA) is 70.7 Å². The van der Waals surface area contributed by atoms with Crippen LogP contribution in [-0.2, 0) is 13.0 Å². The lowest BCUT2D eigenvalue weighted by atomic mass is 10.0. The molecule has 32 heavy (non-hydrogen) atoms. The van der Waals surface area contributed by atoms with Gasteiger partial charge < -0.3 is 10.3 Å². The zero-order valence-corrected chi connectivity index (χ0v) is 18.3. The van der Waals surface area contributed by atoms with E-state index in [1.807, 2.05) is 49.6 Å². The Labute approximate surface area is 190 Å². The number of pyridine rings is 2. The van der Waals surface area contributed by atoms with E-state index in [0.29, 0.717) is 23.6 Å². The van der Waals surface area contributed by atoms with Crippen LogP contribution in [0.1, 0.15) is 32.7 Å². The number of amides is 1. The van der Waals surface area contributed by atoms with E-state index in [2.05, 4.69) is 38.5 Å². The third-order valence-corrected chi connectivity index (χ3v) is 5.75. The highest BCUT2D eigenvalue weighted by atomic mass is 35.5. The summed E-state index contributed by atoms with van der Waals surface area (Å²) in [5.74, 6) is -0.136. The smallest absolute Gasteiger partial charge is 0.251 e. The molecule has 1 amide bonds. The number of aromatic amines is 1. The van der Waals surface area contributed by atoms with Crippen LogP contribution in [0, 0.1) is 6.92 Å². The molecule has 2 N–H and O–H groups in total. The van der Waals surface area contributed by atoms with Crippen molar-refractivity contribution in [2.75, 3.05) is 0 Å². The van der Waals surface area contributed by atoms with E-state index in [-0.39, 0.29) is 5.91 Å². The van der Waals surface area contributed by atoms with Crippen LogP contribution in [0.5, 0.6) is 0 Å². The van der Waals surface area contributed by atoms with E-state index in [9.17, 15) is 4.79 Å². The molecule has 158 valence electrons. The third-order valence-electron chi connectivity index (χ3n) is 5.52. The Morgan fingerprint density at radius 3 is 2.88 bits per heavy atom. The van der Waals surface area contributed by atoms with Gasteiger partial charge in [-0.1, -0.05) is 17.7 Å². The van der Waals surface area contributed by atoms with Crippen molar-refractivity contribution in [3.05, 3.63) is 106 Å². The number of halogens is 1. The van der Waals surface area contributed by atoms with Gasteiger partial charge in [0.15, 0.2) is 0 Å². The molecular formula is C26H21ClN4O. The normalized spacial score (nSPS) is 11.2. The van der Waals surface area contributed by atoms with Crippen molar-refractivity contribution in [3.63, 3.8) is 0 Å². The molecule has 2 aromatic carbocycles. The number of aromatic nitrogens is 3. The number of benzene rings is 2. The van der Waals surface area contributed by atoms with Gasteiger partial charge in [0, 0.05) is 64.1 Å². The van der Waals surface area contributed by atoms with Crippen molar-refractivity contribution in [2.45, 2.75) is 19.9 Å². The predicted octanol–water partition coefficient (Wildman–Crippen LogP) is 5.59. The van der Waals surface area contributed by atoms with Crippen LogP contribution in [-0.4, -0.2) is 20.9 Å². The quantitative estimate of drug-likeness (QED) is 0.374. The molecule has 0 saturated heterocycles. The average Bonchev–Trinajstić information content (AvgIpc) is 3.19. The van der Waals surface area contributed by atoms with E-state index in [0.717, 1.165) is 44.2 Å². The molecule has 0 aliphatic rings. The maximum absolute atomic E-state index is 12.8. The second-order valence-electron chi connectivity index (χ2n) is 7.94. The minimum atomic E-state index is -0.136. The number of carbonyl (C=O) groups excluding carboxylic acids is 1. The second-order valence-corrected chi connectivity index (χ2v) is 8.38. The van der Waals surface area contributed by atoms with E-state index < -0.39 is 0 Å². The first-order valence-electron chi connectivity index (χ1n) is 10.4. The molecule has 6 heteroatoms. The summed E-state index contributed by atoms with van der Waals surface area (Å²) in [4.78, 5) is 24.9. The fraction of sp³-hybridized carbons (Fsp3) is 0.115. The van der Waals surface area contributed by atoms with E-state index in [1.54, 1.807) is 12.3 Å². The Morgan fingerprint density at radius 2 is 1.97 bits per heavy atom. The standard InChI is InChI=1S/C26H21ClN4O/c1-16-8-19-9-17(2-4-24(19)29-13-16)10-22-11-18(6-7-28-22)26(32)31-15-20-14-30-25-5-3-21(27)12-23(20)25/h2-9,11-14,30H,10,15H2,1H3,(H,31,32). The highest BCUT2D eigenvalue weighted by Crippen LogP contribution is 2.22. The molecule has 0 unspecified atom stereocenters. The number of fused-ring (bicyclic) bond motifs is 2. The summed E-state index contributed by atoms with van der Waals surface area (Å²) in [5, 5.41) is 5.78. The number of carbonyl (C=O) groups is 1. The van der Waals surface area contributed by atoms with Crippen LogP contribution in [0.3, 0.4) is 0 Å². The summed E-state index contributed by atoms with van der Waals surface area (Å²) < 4.78 is 0. The van der Waals surface area contributed by atoms with Gasteiger partial charge in [0.2, 0.25) is 0 Å². The Hall–Kier alpha value is -3.70. The highest BCUT2D eigenvalue weighted by molar-refractivity contribution is 6.31. The number of H-pyrrole nitrogens is 1. The zero-order chi connectivity index (χ0) is 22.1. The van der Waals surface area contributed by atoms with E-state index in [4.69, 9.17) is 11.6 Å². The van der Waals surface area contributed by atoms with E-state index >= 15 is 0 Å². The Balaban J connectivity index is 1.31. The monoisotopic (exact) mass is 440 g/mol. The van der Waals surface area contributed by atoms with Crippen LogP contribution in [0.2, 0.25) is 5.02 Å². The SMILES string of the molecule is Cc1cnc2ccc(Cc3cc(C(=O)NCc4c[nH]c5ccc(Cl)cc45)ccn3)cc2c1. The summed E-state index contributed by atoms with van der Waals surface area (Å²) >= 11 is 6.12. The van der Waals surface area contributed by atoms with Gasteiger partial charge in [0.05, 0.1) is 5.52 Å². The van der Waals surface area contributed by atoms with Gasteiger partial charge in [-0.25, -0.2) is 0 Å². The molecule has 3 heterocycles. The van der Waals surface area contributed by atoms with Crippen molar-refractivity contribution in [3.8, 4) is 0 Å². The molecule has 0 fully saturated rings. The lowest BCUT2D eigenvalue weighted by Gasteiger charge is -2.08. The molecule has 0 aliphatic heterocycles. The zero-order valence-electron chi connectivity index (χ0n) is 17.5. The first-order chi connectivity index (χ1) is 15.5. The lowest BCUT2D eigenvalue weighted by Crippen LogP contribution is -2.22. The van der Waals surface area contributed by atoms with Gasteiger partial charge in [-0.15, -0.1) is 0 Å².